The lowest BCUT2D eigenvalue weighted by Gasteiger charge is -2.15. The van der Waals surface area contributed by atoms with Gasteiger partial charge in [0.05, 0.1) is 11.4 Å². The Morgan fingerprint density at radius 2 is 2.20 bits per heavy atom. The number of anilines is 2. The molecule has 2 heterocycles. The maximum atomic E-state index is 12.2. The van der Waals surface area contributed by atoms with Crippen LogP contribution in [0, 0.1) is 6.92 Å². The van der Waals surface area contributed by atoms with Gasteiger partial charge in [-0.05, 0) is 31.6 Å². The number of aryl methyl sites for hydroxylation is 2. The summed E-state index contributed by atoms with van der Waals surface area (Å²) in [5.74, 6) is 0.457. The van der Waals surface area contributed by atoms with Crippen LogP contribution in [0.15, 0.2) is 24.4 Å². The number of aromatic nitrogens is 3. The molecule has 2 aromatic rings. The third-order valence-corrected chi connectivity index (χ3v) is 4.10. The fraction of sp³-hybridized carbons (Fsp3) is 0.389. The highest BCUT2D eigenvalue weighted by molar-refractivity contribution is 6.31. The lowest BCUT2D eigenvalue weighted by Crippen LogP contribution is -2.16. The number of unbranched alkanes of at least 4 members (excludes halogenated alkanes) is 1. The van der Waals surface area contributed by atoms with E-state index < -0.39 is 0 Å². The van der Waals surface area contributed by atoms with E-state index in [-0.39, 0.29) is 5.91 Å². The predicted octanol–water partition coefficient (Wildman–Crippen LogP) is 3.76. The van der Waals surface area contributed by atoms with Crippen LogP contribution in [0.4, 0.5) is 11.5 Å². The maximum Gasteiger partial charge on any atom is 0.248 e. The second kappa shape index (κ2) is 8.67. The SMILES string of the molecule is CCCCn1nc(C)c(/C=C/C(=O)Nc2cccnc2N(C)C)c1Cl. The molecule has 0 aliphatic heterocycles. The zero-order valence-electron chi connectivity index (χ0n) is 15.1. The summed E-state index contributed by atoms with van der Waals surface area (Å²) in [6, 6.07) is 3.60. The van der Waals surface area contributed by atoms with Gasteiger partial charge in [-0.1, -0.05) is 24.9 Å². The minimum Gasteiger partial charge on any atom is -0.361 e. The first-order chi connectivity index (χ1) is 11.9. The molecule has 0 aliphatic rings. The summed E-state index contributed by atoms with van der Waals surface area (Å²) < 4.78 is 1.78. The van der Waals surface area contributed by atoms with Crippen molar-refractivity contribution in [3.05, 3.63) is 40.8 Å². The maximum absolute atomic E-state index is 12.2. The van der Waals surface area contributed by atoms with E-state index in [1.807, 2.05) is 32.0 Å². The van der Waals surface area contributed by atoms with Gasteiger partial charge < -0.3 is 10.2 Å². The smallest absolute Gasteiger partial charge is 0.248 e. The van der Waals surface area contributed by atoms with Crippen LogP contribution in [0.2, 0.25) is 5.15 Å². The number of rotatable bonds is 7. The summed E-state index contributed by atoms with van der Waals surface area (Å²) >= 11 is 6.38. The van der Waals surface area contributed by atoms with E-state index in [9.17, 15) is 4.79 Å². The first kappa shape index (κ1) is 19.0. The molecule has 0 atom stereocenters. The molecule has 0 aliphatic carbocycles. The van der Waals surface area contributed by atoms with Crippen molar-refractivity contribution in [2.75, 3.05) is 24.3 Å². The Balaban J connectivity index is 2.12. The summed E-state index contributed by atoms with van der Waals surface area (Å²) in [6.45, 7) is 4.78. The summed E-state index contributed by atoms with van der Waals surface area (Å²) in [7, 11) is 3.75. The van der Waals surface area contributed by atoms with Crippen LogP contribution in [0.3, 0.4) is 0 Å². The van der Waals surface area contributed by atoms with Crippen LogP contribution < -0.4 is 10.2 Å². The molecule has 6 nitrogen and oxygen atoms in total. The van der Waals surface area contributed by atoms with E-state index in [0.717, 1.165) is 30.6 Å². The third kappa shape index (κ3) is 4.82. The second-order valence-corrected chi connectivity index (χ2v) is 6.32. The van der Waals surface area contributed by atoms with Gasteiger partial charge in [-0.3, -0.25) is 9.48 Å². The van der Waals surface area contributed by atoms with E-state index in [1.165, 1.54) is 6.08 Å². The molecule has 0 radical (unpaired) electrons. The Kier molecular flexibility index (Phi) is 6.58. The van der Waals surface area contributed by atoms with Gasteiger partial charge in [-0.2, -0.15) is 5.10 Å². The highest BCUT2D eigenvalue weighted by atomic mass is 35.5. The Hall–Kier alpha value is -2.34. The van der Waals surface area contributed by atoms with Gasteiger partial charge in [0, 0.05) is 38.5 Å². The molecule has 0 fully saturated rings. The molecule has 1 N–H and O–H groups in total. The summed E-state index contributed by atoms with van der Waals surface area (Å²) in [5.41, 5.74) is 2.23. The van der Waals surface area contributed by atoms with Crippen molar-refractivity contribution in [3.63, 3.8) is 0 Å². The van der Waals surface area contributed by atoms with Crippen LogP contribution in [-0.4, -0.2) is 34.8 Å². The van der Waals surface area contributed by atoms with Crippen molar-refractivity contribution < 1.29 is 4.79 Å². The van der Waals surface area contributed by atoms with Crippen LogP contribution in [0.25, 0.3) is 6.08 Å². The van der Waals surface area contributed by atoms with Gasteiger partial charge in [0.15, 0.2) is 5.82 Å². The molecule has 25 heavy (non-hydrogen) atoms. The standard InChI is InChI=1S/C18H24ClN5O/c1-5-6-12-24-17(19)14(13(2)22-24)9-10-16(25)21-15-8-7-11-20-18(15)23(3)4/h7-11H,5-6,12H2,1-4H3,(H,21,25)/b10-9+. The zero-order valence-corrected chi connectivity index (χ0v) is 15.8. The largest absolute Gasteiger partial charge is 0.361 e. The topological polar surface area (TPSA) is 63.1 Å². The Morgan fingerprint density at radius 1 is 1.44 bits per heavy atom. The first-order valence-corrected chi connectivity index (χ1v) is 8.66. The van der Waals surface area contributed by atoms with Crippen molar-refractivity contribution in [2.24, 2.45) is 0 Å². The quantitative estimate of drug-likeness (QED) is 0.763. The Bertz CT molecular complexity index is 767. The fourth-order valence-corrected chi connectivity index (χ4v) is 2.72. The van der Waals surface area contributed by atoms with Crippen molar-refractivity contribution >= 4 is 35.1 Å². The average Bonchev–Trinajstić information content (AvgIpc) is 2.85. The number of hydrogen-bond acceptors (Lipinski definition) is 4. The molecular formula is C18H24ClN5O. The number of nitrogens with zero attached hydrogens (tertiary/aromatic N) is 4. The van der Waals surface area contributed by atoms with E-state index in [4.69, 9.17) is 11.6 Å². The minimum atomic E-state index is -0.243. The molecule has 0 bridgehead atoms. The summed E-state index contributed by atoms with van der Waals surface area (Å²) in [5, 5.41) is 7.83. The van der Waals surface area contributed by atoms with E-state index in [2.05, 4.69) is 22.3 Å². The molecule has 134 valence electrons. The van der Waals surface area contributed by atoms with Gasteiger partial charge in [-0.15, -0.1) is 0 Å². The van der Waals surface area contributed by atoms with Gasteiger partial charge in [0.2, 0.25) is 5.91 Å². The highest BCUT2D eigenvalue weighted by Crippen LogP contribution is 2.23. The van der Waals surface area contributed by atoms with Crippen molar-refractivity contribution in [1.29, 1.82) is 0 Å². The summed E-state index contributed by atoms with van der Waals surface area (Å²) in [4.78, 5) is 18.4. The molecule has 0 aromatic carbocycles. The molecule has 2 aromatic heterocycles. The number of pyridine rings is 1. The normalized spacial score (nSPS) is 11.1. The number of nitrogens with one attached hydrogen (secondary N) is 1. The zero-order chi connectivity index (χ0) is 18.4. The highest BCUT2D eigenvalue weighted by Gasteiger charge is 2.12. The average molecular weight is 362 g/mol. The molecule has 2 rings (SSSR count). The Labute approximate surface area is 153 Å². The number of carbonyl (C=O) groups excluding carboxylic acids is 1. The molecule has 0 saturated carbocycles. The summed E-state index contributed by atoms with van der Waals surface area (Å²) in [6.07, 6.45) is 6.94. The first-order valence-electron chi connectivity index (χ1n) is 8.28. The molecular weight excluding hydrogens is 338 g/mol. The lowest BCUT2D eigenvalue weighted by molar-refractivity contribution is -0.111. The minimum absolute atomic E-state index is 0.243. The lowest BCUT2D eigenvalue weighted by atomic mass is 10.2. The second-order valence-electron chi connectivity index (χ2n) is 5.96. The molecule has 0 saturated heterocycles. The number of amides is 1. The van der Waals surface area contributed by atoms with Crippen molar-refractivity contribution in [1.82, 2.24) is 14.8 Å². The fourth-order valence-electron chi connectivity index (χ4n) is 2.40. The predicted molar refractivity (Wildman–Crippen MR) is 103 cm³/mol. The number of halogens is 1. The van der Waals surface area contributed by atoms with Crippen LogP contribution in [0.5, 0.6) is 0 Å². The van der Waals surface area contributed by atoms with Gasteiger partial charge >= 0.3 is 0 Å². The van der Waals surface area contributed by atoms with Crippen molar-refractivity contribution in [3.8, 4) is 0 Å². The number of hydrogen-bond donors (Lipinski definition) is 1. The number of carbonyl (C=O) groups is 1. The van der Waals surface area contributed by atoms with Crippen molar-refractivity contribution in [2.45, 2.75) is 33.2 Å². The van der Waals surface area contributed by atoms with E-state index in [1.54, 1.807) is 23.0 Å². The Morgan fingerprint density at radius 3 is 2.88 bits per heavy atom. The van der Waals surface area contributed by atoms with E-state index >= 15 is 0 Å². The van der Waals surface area contributed by atoms with Crippen LogP contribution in [0.1, 0.15) is 31.0 Å². The molecule has 1 amide bonds. The van der Waals surface area contributed by atoms with Gasteiger partial charge in [-0.25, -0.2) is 4.98 Å². The van der Waals surface area contributed by atoms with Gasteiger partial charge in [0.1, 0.15) is 5.15 Å². The van der Waals surface area contributed by atoms with Crippen LogP contribution >= 0.6 is 11.6 Å². The molecule has 0 unspecified atom stereocenters. The molecule has 0 spiro atoms. The monoisotopic (exact) mass is 361 g/mol. The van der Waals surface area contributed by atoms with Crippen LogP contribution in [-0.2, 0) is 11.3 Å². The third-order valence-electron chi connectivity index (χ3n) is 3.70. The molecule has 7 heteroatoms. The van der Waals surface area contributed by atoms with Gasteiger partial charge in [0.25, 0.3) is 0 Å². The van der Waals surface area contributed by atoms with E-state index in [0.29, 0.717) is 16.7 Å².